The summed E-state index contributed by atoms with van der Waals surface area (Å²) >= 11 is 0. The van der Waals surface area contributed by atoms with Gasteiger partial charge in [0.05, 0.1) is 6.54 Å². The number of hydrogen-bond acceptors (Lipinski definition) is 3. The molecule has 0 unspecified atom stereocenters. The van der Waals surface area contributed by atoms with E-state index in [1.807, 2.05) is 0 Å². The number of aliphatic hydroxyl groups excluding tert-OH is 1. The van der Waals surface area contributed by atoms with Crippen LogP contribution in [0.15, 0.2) is 0 Å². The van der Waals surface area contributed by atoms with E-state index in [1.54, 1.807) is 0 Å². The molecule has 4 heteroatoms. The smallest absolute Gasteiger partial charge is 0.234 e. The molecule has 2 saturated carbocycles. The molecule has 2 fully saturated rings. The monoisotopic (exact) mass is 282 g/mol. The highest BCUT2D eigenvalue weighted by Gasteiger charge is 2.32. The van der Waals surface area contributed by atoms with Crippen LogP contribution in [0.4, 0.5) is 0 Å². The molecule has 2 rings (SSSR count). The Morgan fingerprint density at radius 2 is 1.70 bits per heavy atom. The summed E-state index contributed by atoms with van der Waals surface area (Å²) < 4.78 is 0. The molecule has 0 aromatic rings. The number of rotatable bonds is 6. The zero-order chi connectivity index (χ0) is 14.3. The van der Waals surface area contributed by atoms with Gasteiger partial charge in [-0.1, -0.05) is 38.5 Å². The number of hydrogen-bond donors (Lipinski definition) is 3. The molecule has 0 radical (unpaired) electrons. The van der Waals surface area contributed by atoms with Crippen LogP contribution in [0.1, 0.15) is 64.2 Å². The fourth-order valence-electron chi connectivity index (χ4n) is 3.66. The van der Waals surface area contributed by atoms with E-state index in [1.165, 1.54) is 38.5 Å². The molecule has 2 aliphatic rings. The Morgan fingerprint density at radius 3 is 2.30 bits per heavy atom. The van der Waals surface area contributed by atoms with Gasteiger partial charge in [-0.05, 0) is 25.7 Å². The van der Waals surface area contributed by atoms with Crippen LogP contribution in [0.25, 0.3) is 0 Å². The molecular formula is C16H30N2O2. The fraction of sp³-hybridized carbons (Fsp3) is 0.938. The van der Waals surface area contributed by atoms with E-state index in [2.05, 4.69) is 10.6 Å². The number of nitrogens with one attached hydrogen (secondary N) is 2. The number of aliphatic hydroxyl groups is 1. The molecule has 0 aliphatic heterocycles. The number of carbonyl (C=O) groups is 1. The van der Waals surface area contributed by atoms with Crippen molar-refractivity contribution in [1.82, 2.24) is 10.6 Å². The second-order valence-electron chi connectivity index (χ2n) is 6.72. The van der Waals surface area contributed by atoms with Gasteiger partial charge in [0.2, 0.25) is 5.91 Å². The molecule has 0 bridgehead atoms. The Hall–Kier alpha value is -0.610. The van der Waals surface area contributed by atoms with E-state index in [-0.39, 0.29) is 17.9 Å². The van der Waals surface area contributed by atoms with E-state index < -0.39 is 0 Å². The normalized spacial score (nSPS) is 23.4. The highest BCUT2D eigenvalue weighted by molar-refractivity contribution is 5.78. The zero-order valence-corrected chi connectivity index (χ0v) is 12.6. The van der Waals surface area contributed by atoms with E-state index in [0.717, 1.165) is 32.2 Å². The summed E-state index contributed by atoms with van der Waals surface area (Å²) in [5, 5.41) is 15.9. The van der Waals surface area contributed by atoms with Crippen molar-refractivity contribution in [3.8, 4) is 0 Å². The zero-order valence-electron chi connectivity index (χ0n) is 12.6. The first-order chi connectivity index (χ1) is 9.74. The van der Waals surface area contributed by atoms with Crippen LogP contribution < -0.4 is 10.6 Å². The minimum Gasteiger partial charge on any atom is -0.396 e. The van der Waals surface area contributed by atoms with Crippen molar-refractivity contribution in [2.45, 2.75) is 70.3 Å². The van der Waals surface area contributed by atoms with Crippen LogP contribution in [0.5, 0.6) is 0 Å². The second-order valence-corrected chi connectivity index (χ2v) is 6.72. The van der Waals surface area contributed by atoms with Gasteiger partial charge in [-0.2, -0.15) is 0 Å². The van der Waals surface area contributed by atoms with Crippen molar-refractivity contribution in [3.63, 3.8) is 0 Å². The van der Waals surface area contributed by atoms with Crippen LogP contribution in [0.3, 0.4) is 0 Å². The summed E-state index contributed by atoms with van der Waals surface area (Å²) in [5.41, 5.74) is 0.0304. The van der Waals surface area contributed by atoms with Crippen molar-refractivity contribution in [1.29, 1.82) is 0 Å². The van der Waals surface area contributed by atoms with Crippen molar-refractivity contribution in [2.24, 2.45) is 5.41 Å². The quantitative estimate of drug-likeness (QED) is 0.653. The minimum atomic E-state index is 0.0304. The molecule has 116 valence electrons. The summed E-state index contributed by atoms with van der Waals surface area (Å²) in [4.78, 5) is 12.0. The Labute approximate surface area is 122 Å². The van der Waals surface area contributed by atoms with Gasteiger partial charge in [0.1, 0.15) is 0 Å². The molecule has 0 spiro atoms. The lowest BCUT2D eigenvalue weighted by atomic mass is 9.87. The molecule has 20 heavy (non-hydrogen) atoms. The van der Waals surface area contributed by atoms with Gasteiger partial charge in [-0.25, -0.2) is 0 Å². The first-order valence-electron chi connectivity index (χ1n) is 8.35. The minimum absolute atomic E-state index is 0.0304. The SMILES string of the molecule is O=C(CNCC1(CO)CCCC1)NC1CCCCCC1. The molecular weight excluding hydrogens is 252 g/mol. The van der Waals surface area contributed by atoms with Crippen LogP contribution in [-0.4, -0.2) is 36.8 Å². The molecule has 0 heterocycles. The van der Waals surface area contributed by atoms with E-state index in [4.69, 9.17) is 0 Å². The Morgan fingerprint density at radius 1 is 1.05 bits per heavy atom. The van der Waals surface area contributed by atoms with Crippen molar-refractivity contribution < 1.29 is 9.90 Å². The molecule has 2 aliphatic carbocycles. The van der Waals surface area contributed by atoms with Gasteiger partial charge in [0.15, 0.2) is 0 Å². The molecule has 0 aromatic heterocycles. The lowest BCUT2D eigenvalue weighted by Crippen LogP contribution is -2.43. The predicted molar refractivity (Wildman–Crippen MR) is 80.5 cm³/mol. The maximum absolute atomic E-state index is 12.0. The molecule has 1 amide bonds. The summed E-state index contributed by atoms with van der Waals surface area (Å²) in [7, 11) is 0. The van der Waals surface area contributed by atoms with Crippen molar-refractivity contribution in [2.75, 3.05) is 19.7 Å². The van der Waals surface area contributed by atoms with Crippen molar-refractivity contribution >= 4 is 5.91 Å². The first kappa shape index (κ1) is 15.8. The third-order valence-electron chi connectivity index (χ3n) is 5.01. The van der Waals surface area contributed by atoms with Crippen LogP contribution >= 0.6 is 0 Å². The Balaban J connectivity index is 1.64. The third-order valence-corrected chi connectivity index (χ3v) is 5.01. The van der Waals surface area contributed by atoms with Gasteiger partial charge in [-0.3, -0.25) is 4.79 Å². The first-order valence-corrected chi connectivity index (χ1v) is 8.35. The number of carbonyl (C=O) groups excluding carboxylic acids is 1. The Kier molecular flexibility index (Phi) is 6.30. The summed E-state index contributed by atoms with van der Waals surface area (Å²) in [6, 6.07) is 0.380. The molecule has 0 atom stereocenters. The van der Waals surface area contributed by atoms with Gasteiger partial charge < -0.3 is 15.7 Å². The maximum Gasteiger partial charge on any atom is 0.234 e. The summed E-state index contributed by atoms with van der Waals surface area (Å²) in [6.07, 6.45) is 11.9. The molecule has 0 saturated heterocycles. The maximum atomic E-state index is 12.0. The highest BCUT2D eigenvalue weighted by atomic mass is 16.3. The van der Waals surface area contributed by atoms with E-state index in [9.17, 15) is 9.90 Å². The lowest BCUT2D eigenvalue weighted by molar-refractivity contribution is -0.121. The third kappa shape index (κ3) is 4.74. The average Bonchev–Trinajstić information content (AvgIpc) is 2.77. The Bertz CT molecular complexity index is 293. The molecule has 0 aromatic carbocycles. The highest BCUT2D eigenvalue weighted by Crippen LogP contribution is 2.36. The summed E-state index contributed by atoms with van der Waals surface area (Å²) in [6.45, 7) is 1.39. The van der Waals surface area contributed by atoms with Crippen LogP contribution in [0.2, 0.25) is 0 Å². The molecule has 4 nitrogen and oxygen atoms in total. The topological polar surface area (TPSA) is 61.4 Å². The average molecular weight is 282 g/mol. The fourth-order valence-corrected chi connectivity index (χ4v) is 3.66. The van der Waals surface area contributed by atoms with Crippen LogP contribution in [-0.2, 0) is 4.79 Å². The number of amides is 1. The van der Waals surface area contributed by atoms with Gasteiger partial charge in [-0.15, -0.1) is 0 Å². The second kappa shape index (κ2) is 7.99. The van der Waals surface area contributed by atoms with E-state index >= 15 is 0 Å². The van der Waals surface area contributed by atoms with Crippen molar-refractivity contribution in [3.05, 3.63) is 0 Å². The van der Waals surface area contributed by atoms with Gasteiger partial charge >= 0.3 is 0 Å². The van der Waals surface area contributed by atoms with Gasteiger partial charge in [0, 0.05) is 24.6 Å². The lowest BCUT2D eigenvalue weighted by Gasteiger charge is -2.26. The largest absolute Gasteiger partial charge is 0.396 e. The van der Waals surface area contributed by atoms with Crippen LogP contribution in [0, 0.1) is 5.41 Å². The van der Waals surface area contributed by atoms with Gasteiger partial charge in [0.25, 0.3) is 0 Å². The van der Waals surface area contributed by atoms with E-state index in [0.29, 0.717) is 12.6 Å². The predicted octanol–water partition coefficient (Wildman–Crippen LogP) is 1.97. The standard InChI is InChI=1S/C16H30N2O2/c19-13-16(9-5-6-10-16)12-17-11-15(20)18-14-7-3-1-2-4-8-14/h14,17,19H,1-13H2,(H,18,20). The molecule has 3 N–H and O–H groups in total. The summed E-state index contributed by atoms with van der Waals surface area (Å²) in [5.74, 6) is 0.114.